The average molecular weight is 815 g/mol. The SMILES string of the molecule is CCCCCCCCC=CCCCCCCCC(=O)OCCCCCCCCCCCCCCCCCCOC(=O)CCCCCCCC=CCCCCCCCC. The molecule has 0 aromatic carbocycles. The lowest BCUT2D eigenvalue weighted by molar-refractivity contribution is -0.144. The van der Waals surface area contributed by atoms with Gasteiger partial charge in [0.05, 0.1) is 13.2 Å². The van der Waals surface area contributed by atoms with E-state index in [1.165, 1.54) is 231 Å². The molecule has 0 aliphatic carbocycles. The second kappa shape index (κ2) is 51.6. The summed E-state index contributed by atoms with van der Waals surface area (Å²) in [5.41, 5.74) is 0. The van der Waals surface area contributed by atoms with E-state index < -0.39 is 0 Å². The Kier molecular flexibility index (Phi) is 50.2. The Hall–Kier alpha value is -1.58. The Morgan fingerprint density at radius 1 is 0.276 bits per heavy atom. The fourth-order valence-corrected chi connectivity index (χ4v) is 7.88. The maximum Gasteiger partial charge on any atom is 0.305 e. The molecule has 0 saturated carbocycles. The van der Waals surface area contributed by atoms with Gasteiger partial charge in [-0.1, -0.05) is 231 Å². The topological polar surface area (TPSA) is 52.6 Å². The summed E-state index contributed by atoms with van der Waals surface area (Å²) in [7, 11) is 0. The zero-order valence-electron chi connectivity index (χ0n) is 39.5. The quantitative estimate of drug-likeness (QED) is 0.0349. The summed E-state index contributed by atoms with van der Waals surface area (Å²) in [5.74, 6) is 0.0120. The van der Waals surface area contributed by atoms with Crippen molar-refractivity contribution in [2.75, 3.05) is 13.2 Å². The number of allylic oxidation sites excluding steroid dienone is 4. The summed E-state index contributed by atoms with van der Waals surface area (Å²) in [6, 6.07) is 0. The van der Waals surface area contributed by atoms with Crippen LogP contribution in [0.4, 0.5) is 0 Å². The van der Waals surface area contributed by atoms with Gasteiger partial charge in [0.2, 0.25) is 0 Å². The van der Waals surface area contributed by atoms with Crippen LogP contribution in [-0.4, -0.2) is 25.2 Å². The van der Waals surface area contributed by atoms with E-state index in [9.17, 15) is 9.59 Å². The Morgan fingerprint density at radius 2 is 0.483 bits per heavy atom. The Labute approximate surface area is 363 Å². The van der Waals surface area contributed by atoms with Crippen LogP contribution in [-0.2, 0) is 19.1 Å². The molecule has 0 aliphatic rings. The van der Waals surface area contributed by atoms with E-state index in [-0.39, 0.29) is 11.9 Å². The van der Waals surface area contributed by atoms with Gasteiger partial charge < -0.3 is 9.47 Å². The van der Waals surface area contributed by atoms with Crippen molar-refractivity contribution in [2.24, 2.45) is 0 Å². The fraction of sp³-hybridized carbons (Fsp3) is 0.889. The minimum Gasteiger partial charge on any atom is -0.466 e. The molecule has 4 nitrogen and oxygen atoms in total. The van der Waals surface area contributed by atoms with E-state index in [0.717, 1.165) is 38.5 Å². The van der Waals surface area contributed by atoms with Gasteiger partial charge in [-0.3, -0.25) is 9.59 Å². The standard InChI is InChI=1S/C54H102O4/c1-3-5-7-9-11-13-15-17-21-25-29-33-37-41-45-49-53(55)57-51-47-43-39-35-31-27-23-19-20-24-28-32-36-40-44-48-52-58-54(56)50-46-42-38-34-30-26-22-18-16-14-12-10-8-6-4-2/h17-18,21-22H,3-16,19-20,23-52H2,1-2H3. The van der Waals surface area contributed by atoms with Gasteiger partial charge in [0.1, 0.15) is 0 Å². The van der Waals surface area contributed by atoms with Crippen molar-refractivity contribution in [3.8, 4) is 0 Å². The van der Waals surface area contributed by atoms with Crippen molar-refractivity contribution in [1.82, 2.24) is 0 Å². The van der Waals surface area contributed by atoms with Crippen LogP contribution < -0.4 is 0 Å². The lowest BCUT2D eigenvalue weighted by Crippen LogP contribution is -2.05. The molecule has 58 heavy (non-hydrogen) atoms. The van der Waals surface area contributed by atoms with Crippen LogP contribution >= 0.6 is 0 Å². The van der Waals surface area contributed by atoms with Crippen LogP contribution in [0.5, 0.6) is 0 Å². The highest BCUT2D eigenvalue weighted by Crippen LogP contribution is 2.16. The molecule has 0 bridgehead atoms. The summed E-state index contributed by atoms with van der Waals surface area (Å²) in [6.45, 7) is 5.77. The van der Waals surface area contributed by atoms with Crippen LogP contribution in [0.2, 0.25) is 0 Å². The molecule has 0 saturated heterocycles. The highest BCUT2D eigenvalue weighted by molar-refractivity contribution is 5.69. The summed E-state index contributed by atoms with van der Waals surface area (Å²) in [4.78, 5) is 24.0. The molecule has 0 aromatic rings. The number of esters is 2. The van der Waals surface area contributed by atoms with E-state index in [1.54, 1.807) is 0 Å². The molecular formula is C54H102O4. The number of rotatable bonds is 49. The molecular weight excluding hydrogens is 713 g/mol. The van der Waals surface area contributed by atoms with Gasteiger partial charge in [-0.05, 0) is 77.0 Å². The molecule has 4 heteroatoms. The molecule has 0 aromatic heterocycles. The van der Waals surface area contributed by atoms with E-state index in [0.29, 0.717) is 26.1 Å². The third-order valence-electron chi connectivity index (χ3n) is 11.9. The summed E-state index contributed by atoms with van der Waals surface area (Å²) >= 11 is 0. The van der Waals surface area contributed by atoms with Crippen molar-refractivity contribution in [2.45, 2.75) is 296 Å². The van der Waals surface area contributed by atoms with Gasteiger partial charge in [0.15, 0.2) is 0 Å². The van der Waals surface area contributed by atoms with E-state index in [4.69, 9.17) is 9.47 Å². The predicted molar refractivity (Wildman–Crippen MR) is 255 cm³/mol. The number of hydrogen-bond acceptors (Lipinski definition) is 4. The molecule has 0 rings (SSSR count). The molecule has 342 valence electrons. The van der Waals surface area contributed by atoms with Gasteiger partial charge in [-0.15, -0.1) is 0 Å². The van der Waals surface area contributed by atoms with Crippen LogP contribution in [0, 0.1) is 0 Å². The molecule has 0 radical (unpaired) electrons. The first-order valence-electron chi connectivity index (χ1n) is 26.3. The first-order chi connectivity index (χ1) is 28.7. The van der Waals surface area contributed by atoms with Gasteiger partial charge in [-0.25, -0.2) is 0 Å². The monoisotopic (exact) mass is 815 g/mol. The zero-order chi connectivity index (χ0) is 41.9. The summed E-state index contributed by atoms with van der Waals surface area (Å²) < 4.78 is 10.9. The lowest BCUT2D eigenvalue weighted by atomic mass is 10.0. The molecule has 0 heterocycles. The van der Waals surface area contributed by atoms with Crippen molar-refractivity contribution in [3.63, 3.8) is 0 Å². The number of hydrogen-bond donors (Lipinski definition) is 0. The third-order valence-corrected chi connectivity index (χ3v) is 11.9. The van der Waals surface area contributed by atoms with Gasteiger partial charge in [-0.2, -0.15) is 0 Å². The first-order valence-corrected chi connectivity index (χ1v) is 26.3. The fourth-order valence-electron chi connectivity index (χ4n) is 7.88. The van der Waals surface area contributed by atoms with Crippen LogP contribution in [0.3, 0.4) is 0 Å². The van der Waals surface area contributed by atoms with Crippen molar-refractivity contribution in [1.29, 1.82) is 0 Å². The minimum absolute atomic E-state index is 0.00600. The van der Waals surface area contributed by atoms with Crippen LogP contribution in [0.1, 0.15) is 296 Å². The number of carbonyl (C=O) groups is 2. The summed E-state index contributed by atoms with van der Waals surface area (Å²) in [6.07, 6.45) is 64.6. The molecule has 0 unspecified atom stereocenters. The van der Waals surface area contributed by atoms with Crippen LogP contribution in [0.15, 0.2) is 24.3 Å². The molecule has 0 aliphatic heterocycles. The molecule has 0 spiro atoms. The minimum atomic E-state index is 0.00600. The second-order valence-corrected chi connectivity index (χ2v) is 17.8. The smallest absolute Gasteiger partial charge is 0.305 e. The van der Waals surface area contributed by atoms with Gasteiger partial charge in [0.25, 0.3) is 0 Å². The zero-order valence-corrected chi connectivity index (χ0v) is 39.5. The Morgan fingerprint density at radius 3 is 0.741 bits per heavy atom. The van der Waals surface area contributed by atoms with Crippen molar-refractivity contribution in [3.05, 3.63) is 24.3 Å². The van der Waals surface area contributed by atoms with Crippen molar-refractivity contribution >= 4 is 11.9 Å². The Balaban J connectivity index is 3.23. The lowest BCUT2D eigenvalue weighted by Gasteiger charge is -2.06. The molecule has 0 atom stereocenters. The van der Waals surface area contributed by atoms with E-state index >= 15 is 0 Å². The van der Waals surface area contributed by atoms with E-state index in [1.807, 2.05) is 0 Å². The summed E-state index contributed by atoms with van der Waals surface area (Å²) in [5, 5.41) is 0. The van der Waals surface area contributed by atoms with E-state index in [2.05, 4.69) is 38.2 Å². The number of carbonyl (C=O) groups excluding carboxylic acids is 2. The number of unbranched alkanes of at least 4 members (excludes halogenated alkanes) is 37. The largest absolute Gasteiger partial charge is 0.466 e. The average Bonchev–Trinajstić information content (AvgIpc) is 3.22. The van der Waals surface area contributed by atoms with Crippen LogP contribution in [0.25, 0.3) is 0 Å². The molecule has 0 N–H and O–H groups in total. The normalized spacial score (nSPS) is 11.7. The highest BCUT2D eigenvalue weighted by Gasteiger charge is 2.04. The number of ether oxygens (including phenoxy) is 2. The van der Waals surface area contributed by atoms with Crippen molar-refractivity contribution < 1.29 is 19.1 Å². The molecule has 0 fully saturated rings. The first kappa shape index (κ1) is 56.4. The maximum atomic E-state index is 12.0. The maximum absolute atomic E-state index is 12.0. The second-order valence-electron chi connectivity index (χ2n) is 17.8. The Bertz CT molecular complexity index is 793. The third kappa shape index (κ3) is 50.6. The molecule has 0 amide bonds. The van der Waals surface area contributed by atoms with Gasteiger partial charge >= 0.3 is 11.9 Å². The predicted octanol–water partition coefficient (Wildman–Crippen LogP) is 18.4. The van der Waals surface area contributed by atoms with Gasteiger partial charge in [0, 0.05) is 12.8 Å². The highest BCUT2D eigenvalue weighted by atomic mass is 16.5.